The van der Waals surface area contributed by atoms with Crippen LogP contribution < -0.4 is 10.2 Å². The summed E-state index contributed by atoms with van der Waals surface area (Å²) in [5.41, 5.74) is 2.17. The number of carboxylic acid groups (broad SMARTS) is 2. The third kappa shape index (κ3) is 9.17. The molecule has 0 atom stereocenters. The topological polar surface area (TPSA) is 121 Å². The molecule has 0 aliphatic carbocycles. The maximum absolute atomic E-state index is 11.8. The van der Waals surface area contributed by atoms with Gasteiger partial charge in [-0.3, -0.25) is 0 Å². The first-order chi connectivity index (χ1) is 15.1. The minimum absolute atomic E-state index is 0. The molecule has 0 unspecified atom stereocenters. The van der Waals surface area contributed by atoms with Crippen molar-refractivity contribution in [3.8, 4) is 11.5 Å². The summed E-state index contributed by atoms with van der Waals surface area (Å²) in [6.07, 6.45) is 7.53. The van der Waals surface area contributed by atoms with Crippen LogP contribution in [0.4, 0.5) is 0 Å². The van der Waals surface area contributed by atoms with Gasteiger partial charge in [-0.15, -0.1) is 0 Å². The molecule has 0 radical (unpaired) electrons. The second-order valence-corrected chi connectivity index (χ2v) is 8.02. The second kappa shape index (κ2) is 15.4. The Morgan fingerprint density at radius 1 is 0.697 bits per heavy atom. The van der Waals surface area contributed by atoms with E-state index in [1.807, 2.05) is 0 Å². The van der Waals surface area contributed by atoms with Crippen molar-refractivity contribution in [3.63, 3.8) is 0 Å². The molecule has 2 N–H and O–H groups in total. The fourth-order valence-corrected chi connectivity index (χ4v) is 3.50. The minimum atomic E-state index is -1.13. The number of rotatable bonds is 10. The SMILES string of the molecule is CCCCCc1ccc(C)c(C(=O)O)c1[O-].CCCCCc1ccc(C)c(C(=O)O)c1[O-].[Zn+2]. The molecule has 0 amide bonds. The van der Waals surface area contributed by atoms with E-state index in [4.69, 9.17) is 10.2 Å². The fourth-order valence-electron chi connectivity index (χ4n) is 3.50. The number of aromatic carboxylic acids is 2. The molecule has 2 aromatic rings. The molecule has 176 valence electrons. The van der Waals surface area contributed by atoms with Crippen LogP contribution in [0.5, 0.6) is 11.5 Å². The van der Waals surface area contributed by atoms with Gasteiger partial charge in [-0.05, 0) is 50.7 Å². The molecule has 0 bridgehead atoms. The van der Waals surface area contributed by atoms with E-state index in [2.05, 4.69) is 13.8 Å². The standard InChI is InChI=1S/2C13H18O3.Zn/c2*1-3-4-5-6-10-8-7-9(2)11(12(10)14)13(15)16;/h2*7-8,14H,3-6H2,1-2H3,(H,15,16);/q;;+2/p-2. The van der Waals surface area contributed by atoms with Crippen molar-refractivity contribution in [1.29, 1.82) is 0 Å². The van der Waals surface area contributed by atoms with E-state index in [1.165, 1.54) is 0 Å². The molecule has 0 aromatic heterocycles. The molecule has 0 saturated heterocycles. The summed E-state index contributed by atoms with van der Waals surface area (Å²) in [4.78, 5) is 21.8. The number of unbranched alkanes of at least 4 members (excludes halogenated alkanes) is 4. The average molecular weight is 508 g/mol. The van der Waals surface area contributed by atoms with Crippen LogP contribution >= 0.6 is 0 Å². The predicted octanol–water partition coefficient (Wildman–Crippen LogP) is 5.00. The summed E-state index contributed by atoms with van der Waals surface area (Å²) in [6.45, 7) is 7.49. The Hall–Kier alpha value is -2.40. The van der Waals surface area contributed by atoms with E-state index >= 15 is 0 Å². The van der Waals surface area contributed by atoms with Gasteiger partial charge in [0.05, 0.1) is 11.1 Å². The third-order valence-electron chi connectivity index (χ3n) is 5.42. The molecule has 2 aromatic carbocycles. The quantitative estimate of drug-likeness (QED) is 0.345. The van der Waals surface area contributed by atoms with Gasteiger partial charge < -0.3 is 20.4 Å². The zero-order valence-electron chi connectivity index (χ0n) is 20.2. The van der Waals surface area contributed by atoms with Crippen molar-refractivity contribution in [2.24, 2.45) is 0 Å². The van der Waals surface area contributed by atoms with Crippen LogP contribution in [0, 0.1) is 13.8 Å². The smallest absolute Gasteiger partial charge is 0.872 e. The number of benzene rings is 2. The Morgan fingerprint density at radius 3 is 1.30 bits per heavy atom. The van der Waals surface area contributed by atoms with Crippen molar-refractivity contribution in [2.75, 3.05) is 0 Å². The van der Waals surface area contributed by atoms with Crippen molar-refractivity contribution in [3.05, 3.63) is 57.6 Å². The Balaban J connectivity index is 0.000000602. The van der Waals surface area contributed by atoms with E-state index < -0.39 is 11.9 Å². The molecule has 33 heavy (non-hydrogen) atoms. The maximum atomic E-state index is 11.8. The van der Waals surface area contributed by atoms with Gasteiger partial charge in [0.1, 0.15) is 0 Å². The average Bonchev–Trinajstić information content (AvgIpc) is 2.72. The Morgan fingerprint density at radius 2 is 1.03 bits per heavy atom. The summed E-state index contributed by atoms with van der Waals surface area (Å²) in [5.74, 6) is -2.88. The van der Waals surface area contributed by atoms with Crippen LogP contribution in [0.1, 0.15) is 95.3 Å². The van der Waals surface area contributed by atoms with E-state index in [0.29, 0.717) is 35.1 Å². The van der Waals surface area contributed by atoms with Gasteiger partial charge in [-0.25, -0.2) is 9.59 Å². The Bertz CT molecular complexity index is 848. The minimum Gasteiger partial charge on any atom is -0.872 e. The molecule has 0 heterocycles. The van der Waals surface area contributed by atoms with Crippen molar-refractivity contribution in [1.82, 2.24) is 0 Å². The molecule has 0 aliphatic rings. The largest absolute Gasteiger partial charge is 2.00 e. The monoisotopic (exact) mass is 506 g/mol. The second-order valence-electron chi connectivity index (χ2n) is 8.02. The molecule has 6 nitrogen and oxygen atoms in total. The van der Waals surface area contributed by atoms with E-state index in [0.717, 1.165) is 38.5 Å². The number of hydrogen-bond donors (Lipinski definition) is 2. The number of aryl methyl sites for hydroxylation is 4. The summed E-state index contributed by atoms with van der Waals surface area (Å²) in [5, 5.41) is 41.6. The number of carboxylic acids is 2. The van der Waals surface area contributed by atoms with Crippen molar-refractivity contribution in [2.45, 2.75) is 79.1 Å². The maximum Gasteiger partial charge on any atom is 2.00 e. The van der Waals surface area contributed by atoms with Gasteiger partial charge in [-0.1, -0.05) is 86.4 Å². The zero-order valence-corrected chi connectivity index (χ0v) is 23.2. The zero-order chi connectivity index (χ0) is 24.3. The third-order valence-corrected chi connectivity index (χ3v) is 5.42. The summed E-state index contributed by atoms with van der Waals surface area (Å²) >= 11 is 0. The molecule has 7 heteroatoms. The molecular formula is C26H34O6Zn. The fraction of sp³-hybridized carbons (Fsp3) is 0.462. The molecule has 0 saturated carbocycles. The molecule has 2 rings (SSSR count). The molecule has 0 fully saturated rings. The molecule has 0 spiro atoms. The van der Waals surface area contributed by atoms with Crippen LogP contribution in [0.25, 0.3) is 0 Å². The first-order valence-electron chi connectivity index (χ1n) is 11.2. The van der Waals surface area contributed by atoms with Gasteiger partial charge >= 0.3 is 31.4 Å². The van der Waals surface area contributed by atoms with Crippen LogP contribution in [0.3, 0.4) is 0 Å². The Labute approximate surface area is 209 Å². The van der Waals surface area contributed by atoms with Gasteiger partial charge in [0.15, 0.2) is 0 Å². The van der Waals surface area contributed by atoms with Crippen LogP contribution in [-0.4, -0.2) is 22.2 Å². The first kappa shape index (κ1) is 30.6. The Kier molecular flexibility index (Phi) is 14.3. The van der Waals surface area contributed by atoms with Gasteiger partial charge in [0, 0.05) is 0 Å². The van der Waals surface area contributed by atoms with Gasteiger partial charge in [-0.2, -0.15) is 0 Å². The first-order valence-corrected chi connectivity index (χ1v) is 11.2. The van der Waals surface area contributed by atoms with Crippen molar-refractivity contribution >= 4 is 11.9 Å². The van der Waals surface area contributed by atoms with Crippen LogP contribution in [0.15, 0.2) is 24.3 Å². The van der Waals surface area contributed by atoms with Gasteiger partial charge in [0.25, 0.3) is 0 Å². The van der Waals surface area contributed by atoms with E-state index in [9.17, 15) is 19.8 Å². The summed E-state index contributed by atoms with van der Waals surface area (Å²) < 4.78 is 0. The number of carbonyl (C=O) groups is 2. The van der Waals surface area contributed by atoms with Crippen molar-refractivity contribution < 1.29 is 49.5 Å². The van der Waals surface area contributed by atoms with E-state index in [1.54, 1.807) is 38.1 Å². The van der Waals surface area contributed by atoms with Gasteiger partial charge in [0.2, 0.25) is 0 Å². The number of hydrogen-bond acceptors (Lipinski definition) is 4. The molecule has 0 aliphatic heterocycles. The van der Waals surface area contributed by atoms with Crippen LogP contribution in [-0.2, 0) is 32.3 Å². The normalized spacial score (nSPS) is 10.1. The summed E-state index contributed by atoms with van der Waals surface area (Å²) in [7, 11) is 0. The van der Waals surface area contributed by atoms with Crippen LogP contribution in [0.2, 0.25) is 0 Å². The van der Waals surface area contributed by atoms with E-state index in [-0.39, 0.29) is 42.1 Å². The predicted molar refractivity (Wildman–Crippen MR) is 122 cm³/mol. The molecular weight excluding hydrogens is 474 g/mol. The summed E-state index contributed by atoms with van der Waals surface area (Å²) in [6, 6.07) is 6.93.